The maximum atomic E-state index is 13.0. The van der Waals surface area contributed by atoms with E-state index >= 15 is 0 Å². The van der Waals surface area contributed by atoms with Gasteiger partial charge in [0.05, 0.1) is 10.6 Å². The Balaban J connectivity index is 1.61. The van der Waals surface area contributed by atoms with E-state index in [-0.39, 0.29) is 17.8 Å². The summed E-state index contributed by atoms with van der Waals surface area (Å²) in [5, 5.41) is 11.0. The van der Waals surface area contributed by atoms with Crippen molar-refractivity contribution < 1.29 is 32.6 Å². The number of nitrogens with one attached hydrogen (secondary N) is 1. The number of benzene rings is 2. The molecule has 1 aromatic heterocycles. The molecular formula is C23H18ClF3N2O4. The fourth-order valence-electron chi connectivity index (χ4n) is 3.00. The highest BCUT2D eigenvalue weighted by molar-refractivity contribution is 6.31. The number of anilines is 1. The number of aromatic nitrogens is 1. The molecule has 6 nitrogen and oxygen atoms in total. The zero-order chi connectivity index (χ0) is 24.2. The van der Waals surface area contributed by atoms with Crippen molar-refractivity contribution in [2.24, 2.45) is 0 Å². The van der Waals surface area contributed by atoms with E-state index in [4.69, 9.17) is 21.4 Å². The van der Waals surface area contributed by atoms with Gasteiger partial charge in [-0.15, -0.1) is 0 Å². The Labute approximate surface area is 192 Å². The lowest BCUT2D eigenvalue weighted by Crippen LogP contribution is -2.14. The van der Waals surface area contributed by atoms with Gasteiger partial charge in [-0.2, -0.15) is 13.2 Å². The third-order valence-corrected chi connectivity index (χ3v) is 4.94. The standard InChI is InChI=1S/C23H18ClF3N2O4/c1-13-10-14(2-6-20(13)33-16-8-9-28-19(12-16)22(31)32)3-7-21(30)29-15-4-5-18(24)17(11-15)23(25,26)27/h2,4-6,8-12H,3,7H2,1H3,(H,29,30)(H,31,32). The Hall–Kier alpha value is -3.59. The van der Waals surface area contributed by atoms with Gasteiger partial charge < -0.3 is 15.2 Å². The van der Waals surface area contributed by atoms with Gasteiger partial charge in [-0.05, 0) is 54.8 Å². The number of ether oxygens (including phenoxy) is 1. The largest absolute Gasteiger partial charge is 0.477 e. The number of aromatic carboxylic acids is 1. The summed E-state index contributed by atoms with van der Waals surface area (Å²) in [5.74, 6) is -0.786. The first-order valence-corrected chi connectivity index (χ1v) is 10.0. The molecule has 0 aliphatic rings. The molecule has 0 spiro atoms. The van der Waals surface area contributed by atoms with Gasteiger partial charge in [0, 0.05) is 24.4 Å². The van der Waals surface area contributed by atoms with Crippen molar-refractivity contribution in [2.45, 2.75) is 25.9 Å². The summed E-state index contributed by atoms with van der Waals surface area (Å²) in [4.78, 5) is 27.0. The molecule has 33 heavy (non-hydrogen) atoms. The second-order valence-corrected chi connectivity index (χ2v) is 7.53. The summed E-state index contributed by atoms with van der Waals surface area (Å²) in [6.07, 6.45) is -2.88. The molecule has 3 aromatic rings. The molecule has 0 saturated carbocycles. The van der Waals surface area contributed by atoms with Gasteiger partial charge in [-0.25, -0.2) is 9.78 Å². The zero-order valence-electron chi connectivity index (χ0n) is 17.2. The van der Waals surface area contributed by atoms with E-state index in [1.807, 2.05) is 6.07 Å². The van der Waals surface area contributed by atoms with Crippen molar-refractivity contribution in [3.8, 4) is 11.5 Å². The van der Waals surface area contributed by atoms with Gasteiger partial charge in [-0.3, -0.25) is 4.79 Å². The molecule has 10 heteroatoms. The van der Waals surface area contributed by atoms with E-state index in [0.717, 1.165) is 23.3 Å². The Morgan fingerprint density at radius 1 is 1.12 bits per heavy atom. The first kappa shape index (κ1) is 24.1. The fraction of sp³-hybridized carbons (Fsp3) is 0.174. The zero-order valence-corrected chi connectivity index (χ0v) is 18.0. The number of pyridine rings is 1. The number of rotatable bonds is 7. The molecule has 2 aromatic carbocycles. The Morgan fingerprint density at radius 2 is 1.88 bits per heavy atom. The predicted molar refractivity (Wildman–Crippen MR) is 116 cm³/mol. The lowest BCUT2D eigenvalue weighted by molar-refractivity contribution is -0.137. The number of aryl methyl sites for hydroxylation is 2. The van der Waals surface area contributed by atoms with E-state index < -0.39 is 28.6 Å². The van der Waals surface area contributed by atoms with Crippen LogP contribution in [0.2, 0.25) is 5.02 Å². The summed E-state index contributed by atoms with van der Waals surface area (Å²) in [6, 6.07) is 11.3. The van der Waals surface area contributed by atoms with E-state index in [9.17, 15) is 22.8 Å². The van der Waals surface area contributed by atoms with E-state index in [1.165, 1.54) is 24.4 Å². The topological polar surface area (TPSA) is 88.5 Å². The van der Waals surface area contributed by atoms with Crippen LogP contribution in [-0.2, 0) is 17.4 Å². The molecule has 0 aliphatic carbocycles. The molecular weight excluding hydrogens is 461 g/mol. The lowest BCUT2D eigenvalue weighted by Gasteiger charge is -2.12. The van der Waals surface area contributed by atoms with Crippen LogP contribution in [0.3, 0.4) is 0 Å². The maximum Gasteiger partial charge on any atom is 0.417 e. The molecule has 0 unspecified atom stereocenters. The Bertz CT molecular complexity index is 1200. The normalized spacial score (nSPS) is 11.2. The molecule has 0 aliphatic heterocycles. The highest BCUT2D eigenvalue weighted by Crippen LogP contribution is 2.36. The van der Waals surface area contributed by atoms with Gasteiger partial charge >= 0.3 is 12.1 Å². The molecule has 1 heterocycles. The molecule has 172 valence electrons. The summed E-state index contributed by atoms with van der Waals surface area (Å²) in [6.45, 7) is 1.80. The van der Waals surface area contributed by atoms with Crippen molar-refractivity contribution in [1.29, 1.82) is 0 Å². The molecule has 0 bridgehead atoms. The van der Waals surface area contributed by atoms with Gasteiger partial charge in [0.15, 0.2) is 5.69 Å². The minimum atomic E-state index is -4.62. The number of nitrogens with zero attached hydrogens (tertiary/aromatic N) is 1. The van der Waals surface area contributed by atoms with Crippen LogP contribution in [0.15, 0.2) is 54.7 Å². The highest BCUT2D eigenvalue weighted by atomic mass is 35.5. The third-order valence-electron chi connectivity index (χ3n) is 4.61. The van der Waals surface area contributed by atoms with Gasteiger partial charge in [0.25, 0.3) is 0 Å². The number of alkyl halides is 3. The molecule has 3 rings (SSSR count). The van der Waals surface area contributed by atoms with Crippen molar-refractivity contribution in [3.63, 3.8) is 0 Å². The van der Waals surface area contributed by atoms with Crippen molar-refractivity contribution in [1.82, 2.24) is 4.98 Å². The van der Waals surface area contributed by atoms with Crippen LogP contribution in [0.4, 0.5) is 18.9 Å². The molecule has 0 atom stereocenters. The first-order chi connectivity index (χ1) is 15.5. The Kier molecular flexibility index (Phi) is 7.23. The predicted octanol–water partition coefficient (Wildman–Crippen LogP) is 6.12. The quantitative estimate of drug-likeness (QED) is 0.427. The summed E-state index contributed by atoms with van der Waals surface area (Å²) < 4.78 is 44.6. The number of carbonyl (C=O) groups is 2. The average molecular weight is 479 g/mol. The average Bonchev–Trinajstić information content (AvgIpc) is 2.75. The number of hydrogen-bond acceptors (Lipinski definition) is 4. The van der Waals surface area contributed by atoms with E-state index in [0.29, 0.717) is 17.9 Å². The lowest BCUT2D eigenvalue weighted by atomic mass is 10.1. The molecule has 0 radical (unpaired) electrons. The van der Waals surface area contributed by atoms with Gasteiger partial charge in [-0.1, -0.05) is 23.7 Å². The maximum absolute atomic E-state index is 13.0. The van der Waals surface area contributed by atoms with E-state index in [1.54, 1.807) is 19.1 Å². The SMILES string of the molecule is Cc1cc(CCC(=O)Nc2ccc(Cl)c(C(F)(F)F)c2)ccc1Oc1ccnc(C(=O)O)c1. The van der Waals surface area contributed by atoms with Crippen molar-refractivity contribution in [2.75, 3.05) is 5.32 Å². The van der Waals surface area contributed by atoms with Crippen LogP contribution < -0.4 is 10.1 Å². The van der Waals surface area contributed by atoms with Crippen LogP contribution in [0.1, 0.15) is 33.6 Å². The number of carboxylic acids is 1. The molecule has 2 N–H and O–H groups in total. The number of carbonyl (C=O) groups excluding carboxylic acids is 1. The number of halogens is 4. The molecule has 1 amide bonds. The first-order valence-electron chi connectivity index (χ1n) is 9.66. The monoisotopic (exact) mass is 478 g/mol. The number of carboxylic acid groups (broad SMARTS) is 1. The number of hydrogen-bond donors (Lipinski definition) is 2. The van der Waals surface area contributed by atoms with Crippen LogP contribution >= 0.6 is 11.6 Å². The van der Waals surface area contributed by atoms with Crippen molar-refractivity contribution >= 4 is 29.2 Å². The summed E-state index contributed by atoms with van der Waals surface area (Å²) in [5.41, 5.74) is 0.431. The minimum absolute atomic E-state index is 0.00901. The molecule has 0 fully saturated rings. The van der Waals surface area contributed by atoms with Gasteiger partial charge in [0.1, 0.15) is 11.5 Å². The second kappa shape index (κ2) is 9.91. The smallest absolute Gasteiger partial charge is 0.417 e. The van der Waals surface area contributed by atoms with Crippen LogP contribution in [0, 0.1) is 6.92 Å². The van der Waals surface area contributed by atoms with Gasteiger partial charge in [0.2, 0.25) is 5.91 Å². The highest BCUT2D eigenvalue weighted by Gasteiger charge is 2.33. The number of amides is 1. The molecule has 0 saturated heterocycles. The Morgan fingerprint density at radius 3 is 2.55 bits per heavy atom. The van der Waals surface area contributed by atoms with Crippen LogP contribution in [-0.4, -0.2) is 22.0 Å². The third kappa shape index (κ3) is 6.45. The van der Waals surface area contributed by atoms with Crippen LogP contribution in [0.5, 0.6) is 11.5 Å². The van der Waals surface area contributed by atoms with Crippen molar-refractivity contribution in [3.05, 3.63) is 82.1 Å². The summed E-state index contributed by atoms with van der Waals surface area (Å²) in [7, 11) is 0. The van der Waals surface area contributed by atoms with E-state index in [2.05, 4.69) is 10.3 Å². The minimum Gasteiger partial charge on any atom is -0.477 e. The fourth-order valence-corrected chi connectivity index (χ4v) is 3.23. The van der Waals surface area contributed by atoms with Crippen LogP contribution in [0.25, 0.3) is 0 Å². The second-order valence-electron chi connectivity index (χ2n) is 7.12. The summed E-state index contributed by atoms with van der Waals surface area (Å²) >= 11 is 5.59.